The quantitative estimate of drug-likeness (QED) is 0.368. The molecular weight excluding hydrogens is 326 g/mol. The third-order valence-electron chi connectivity index (χ3n) is 3.41. The Morgan fingerprint density at radius 2 is 2.32 bits per heavy atom. The van der Waals surface area contributed by atoms with Crippen molar-refractivity contribution in [2.45, 2.75) is 6.42 Å². The molecule has 0 aliphatic carbocycles. The number of amides is 1. The second-order valence-corrected chi connectivity index (χ2v) is 5.03. The predicted octanol–water partition coefficient (Wildman–Crippen LogP) is 1.97. The van der Waals surface area contributed by atoms with Gasteiger partial charge in [0.15, 0.2) is 5.76 Å². The summed E-state index contributed by atoms with van der Waals surface area (Å²) in [6, 6.07) is 0. The highest BCUT2D eigenvalue weighted by molar-refractivity contribution is 5.89. The summed E-state index contributed by atoms with van der Waals surface area (Å²) >= 11 is 0. The molecule has 3 aromatic rings. The molecule has 0 spiro atoms. The number of nitrogens with zero attached hydrogens (tertiary/aromatic N) is 5. The third kappa shape index (κ3) is 3.36. The number of carbonyl (C=O) groups excluding carboxylic acids is 1. The van der Waals surface area contributed by atoms with E-state index < -0.39 is 5.91 Å². The molecule has 0 atom stereocenters. The molecule has 0 aliphatic rings. The van der Waals surface area contributed by atoms with E-state index in [0.717, 1.165) is 5.06 Å². The highest BCUT2D eigenvalue weighted by atomic mass is 16.7. The summed E-state index contributed by atoms with van der Waals surface area (Å²) in [5, 5.41) is 1.02. The molecule has 0 aliphatic heterocycles. The van der Waals surface area contributed by atoms with Crippen molar-refractivity contribution in [1.82, 2.24) is 24.4 Å². The Bertz CT molecular complexity index is 901. The van der Waals surface area contributed by atoms with Crippen LogP contribution in [0, 0.1) is 0 Å². The van der Waals surface area contributed by atoms with Gasteiger partial charge in [-0.1, -0.05) is 6.08 Å². The first-order chi connectivity index (χ1) is 12.1. The van der Waals surface area contributed by atoms with Crippen molar-refractivity contribution in [3.8, 4) is 17.3 Å². The van der Waals surface area contributed by atoms with Gasteiger partial charge in [-0.05, 0) is 6.42 Å². The molecule has 3 rings (SSSR count). The summed E-state index contributed by atoms with van der Waals surface area (Å²) in [4.78, 5) is 29.5. The lowest BCUT2D eigenvalue weighted by molar-refractivity contribution is -0.0777. The van der Waals surface area contributed by atoms with Crippen LogP contribution in [0.4, 0.5) is 0 Å². The first-order valence-corrected chi connectivity index (χ1v) is 7.49. The van der Waals surface area contributed by atoms with Gasteiger partial charge in [-0.3, -0.25) is 9.63 Å². The summed E-state index contributed by atoms with van der Waals surface area (Å²) in [5.41, 5.74) is 1.05. The van der Waals surface area contributed by atoms with Crippen molar-refractivity contribution in [1.29, 1.82) is 0 Å². The summed E-state index contributed by atoms with van der Waals surface area (Å²) in [6.07, 6.45) is 9.00. The number of hydroxylamine groups is 2. The average Bonchev–Trinajstić information content (AvgIpc) is 3.29. The largest absolute Gasteiger partial charge is 0.475 e. The van der Waals surface area contributed by atoms with Crippen molar-refractivity contribution in [3.05, 3.63) is 43.3 Å². The van der Waals surface area contributed by atoms with Gasteiger partial charge >= 0.3 is 5.91 Å². The van der Waals surface area contributed by atoms with Crippen LogP contribution in [0.2, 0.25) is 0 Å². The second kappa shape index (κ2) is 7.14. The number of rotatable bonds is 7. The Morgan fingerprint density at radius 3 is 3.08 bits per heavy atom. The van der Waals surface area contributed by atoms with Crippen LogP contribution in [-0.2, 0) is 4.84 Å². The number of fused-ring (bicyclic) bond motifs is 1. The van der Waals surface area contributed by atoms with Gasteiger partial charge in [-0.2, -0.15) is 0 Å². The number of oxazole rings is 1. The summed E-state index contributed by atoms with van der Waals surface area (Å²) in [5.74, 6) is 0.0978. The van der Waals surface area contributed by atoms with E-state index in [1.165, 1.54) is 20.4 Å². The summed E-state index contributed by atoms with van der Waals surface area (Å²) in [6.45, 7) is 4.09. The average molecular weight is 343 g/mol. The Morgan fingerprint density at radius 1 is 1.48 bits per heavy atom. The lowest BCUT2D eigenvalue weighted by atomic mass is 10.3. The van der Waals surface area contributed by atoms with Crippen molar-refractivity contribution in [3.63, 3.8) is 0 Å². The Labute approximate surface area is 143 Å². The van der Waals surface area contributed by atoms with E-state index in [-0.39, 0.29) is 5.89 Å². The van der Waals surface area contributed by atoms with Crippen LogP contribution in [-0.4, -0.2) is 51.1 Å². The fraction of sp³-hybridized carbons (Fsp3) is 0.250. The lowest BCUT2D eigenvalue weighted by Crippen LogP contribution is -2.25. The van der Waals surface area contributed by atoms with Gasteiger partial charge in [0.05, 0.1) is 19.9 Å². The molecule has 0 saturated heterocycles. The highest BCUT2D eigenvalue weighted by Crippen LogP contribution is 2.24. The van der Waals surface area contributed by atoms with E-state index in [1.54, 1.807) is 29.1 Å². The van der Waals surface area contributed by atoms with Gasteiger partial charge in [0.2, 0.25) is 5.65 Å². The smallest absolute Gasteiger partial charge is 0.332 e. The van der Waals surface area contributed by atoms with Gasteiger partial charge in [0, 0.05) is 25.6 Å². The molecule has 9 heteroatoms. The van der Waals surface area contributed by atoms with E-state index >= 15 is 0 Å². The molecule has 0 bridgehead atoms. The minimum Gasteiger partial charge on any atom is -0.475 e. The molecule has 0 saturated carbocycles. The van der Waals surface area contributed by atoms with Crippen LogP contribution in [0.25, 0.3) is 17.1 Å². The number of imidazole rings is 1. The Balaban J connectivity index is 1.94. The highest BCUT2D eigenvalue weighted by Gasteiger charge is 2.20. The van der Waals surface area contributed by atoms with Gasteiger partial charge in [0.25, 0.3) is 11.8 Å². The number of ether oxygens (including phenoxy) is 1. The van der Waals surface area contributed by atoms with Crippen LogP contribution in [0.15, 0.2) is 41.9 Å². The van der Waals surface area contributed by atoms with Crippen molar-refractivity contribution in [2.75, 3.05) is 20.8 Å². The van der Waals surface area contributed by atoms with Crippen molar-refractivity contribution in [2.24, 2.45) is 0 Å². The SMILES string of the molecule is C=CCCOc1nc(-c2cnc(C(=O)N(C)OC)o2)cn2ccnc12. The Hall–Kier alpha value is -3.20. The van der Waals surface area contributed by atoms with Crippen LogP contribution < -0.4 is 4.74 Å². The second-order valence-electron chi connectivity index (χ2n) is 5.03. The zero-order valence-corrected chi connectivity index (χ0v) is 13.9. The minimum absolute atomic E-state index is 0.0963. The molecule has 3 heterocycles. The molecule has 9 nitrogen and oxygen atoms in total. The maximum Gasteiger partial charge on any atom is 0.332 e. The normalized spacial score (nSPS) is 10.8. The topological polar surface area (TPSA) is 95.0 Å². The maximum atomic E-state index is 12.0. The van der Waals surface area contributed by atoms with Crippen molar-refractivity contribution >= 4 is 11.6 Å². The van der Waals surface area contributed by atoms with Crippen molar-refractivity contribution < 1.29 is 18.8 Å². The molecular formula is C16H17N5O4. The van der Waals surface area contributed by atoms with Gasteiger partial charge in [-0.15, -0.1) is 6.58 Å². The van der Waals surface area contributed by atoms with Gasteiger partial charge in [-0.25, -0.2) is 20.0 Å². The van der Waals surface area contributed by atoms with E-state index in [1.807, 2.05) is 0 Å². The minimum atomic E-state index is -0.500. The Kier molecular flexibility index (Phi) is 4.75. The zero-order valence-electron chi connectivity index (χ0n) is 13.9. The van der Waals surface area contributed by atoms with E-state index in [9.17, 15) is 4.79 Å². The first kappa shape index (κ1) is 16.7. The maximum absolute atomic E-state index is 12.0. The molecule has 25 heavy (non-hydrogen) atoms. The van der Waals surface area contributed by atoms with E-state index in [2.05, 4.69) is 21.5 Å². The van der Waals surface area contributed by atoms with E-state index in [4.69, 9.17) is 14.0 Å². The van der Waals surface area contributed by atoms with Gasteiger partial charge in [0.1, 0.15) is 5.69 Å². The fourth-order valence-corrected chi connectivity index (χ4v) is 2.07. The molecule has 0 aromatic carbocycles. The summed E-state index contributed by atoms with van der Waals surface area (Å²) in [7, 11) is 2.84. The molecule has 1 amide bonds. The number of carbonyl (C=O) groups is 1. The van der Waals surface area contributed by atoms with Crippen LogP contribution in [0.5, 0.6) is 5.88 Å². The molecule has 0 fully saturated rings. The van der Waals surface area contributed by atoms with Crippen LogP contribution in [0.1, 0.15) is 17.1 Å². The molecule has 130 valence electrons. The predicted molar refractivity (Wildman–Crippen MR) is 87.9 cm³/mol. The van der Waals surface area contributed by atoms with Gasteiger partial charge < -0.3 is 13.6 Å². The molecule has 0 radical (unpaired) electrons. The number of hydrogen-bond donors (Lipinski definition) is 0. The standard InChI is InChI=1S/C16H17N5O4/c1-4-5-8-24-14-13-17-6-7-21(13)10-11(19-14)12-9-18-15(25-12)16(22)20(2)23-3/h4,6-7,9-10H,1,5,8H2,2-3H3. The first-order valence-electron chi connectivity index (χ1n) is 7.49. The van der Waals surface area contributed by atoms with Crippen LogP contribution in [0.3, 0.4) is 0 Å². The molecule has 3 aromatic heterocycles. The monoisotopic (exact) mass is 343 g/mol. The number of hydrogen-bond acceptors (Lipinski definition) is 7. The van der Waals surface area contributed by atoms with Crippen LogP contribution >= 0.6 is 0 Å². The summed E-state index contributed by atoms with van der Waals surface area (Å²) < 4.78 is 12.9. The fourth-order valence-electron chi connectivity index (χ4n) is 2.07. The third-order valence-corrected chi connectivity index (χ3v) is 3.41. The zero-order chi connectivity index (χ0) is 17.8. The molecule has 0 unspecified atom stereocenters. The number of aromatic nitrogens is 4. The molecule has 0 N–H and O–H groups in total. The lowest BCUT2D eigenvalue weighted by Gasteiger charge is -2.10. The van der Waals surface area contributed by atoms with E-state index in [0.29, 0.717) is 36.0 Å².